The van der Waals surface area contributed by atoms with Crippen LogP contribution in [0.25, 0.3) is 4.96 Å². The van der Waals surface area contributed by atoms with Crippen LogP contribution in [0.3, 0.4) is 0 Å². The van der Waals surface area contributed by atoms with E-state index in [-0.39, 0.29) is 0 Å². The number of carbonyl (C=O) groups is 1. The molecule has 2 aromatic rings. The van der Waals surface area contributed by atoms with Crippen molar-refractivity contribution < 1.29 is 15.0 Å². The van der Waals surface area contributed by atoms with E-state index in [4.69, 9.17) is 5.11 Å². The summed E-state index contributed by atoms with van der Waals surface area (Å²) in [5, 5.41) is 23.3. The molecule has 2 aromatic heterocycles. The fraction of sp³-hybridized carbons (Fsp3) is 0.500. The van der Waals surface area contributed by atoms with E-state index < -0.39 is 18.1 Å². The van der Waals surface area contributed by atoms with Crippen LogP contribution in [-0.4, -0.2) is 37.7 Å². The molecule has 0 radical (unpaired) electrons. The first-order chi connectivity index (χ1) is 8.91. The number of nitrogens with one attached hydrogen (secondary N) is 1. The van der Waals surface area contributed by atoms with Crippen LogP contribution in [0.1, 0.15) is 24.0 Å². The summed E-state index contributed by atoms with van der Waals surface area (Å²) in [7, 11) is 0. The lowest BCUT2D eigenvalue weighted by Gasteiger charge is -2.17. The van der Waals surface area contributed by atoms with Gasteiger partial charge in [-0.3, -0.25) is 14.5 Å². The van der Waals surface area contributed by atoms with Crippen LogP contribution >= 0.6 is 11.3 Å². The lowest BCUT2D eigenvalue weighted by molar-refractivity contribution is -0.142. The van der Waals surface area contributed by atoms with Crippen LogP contribution in [0, 0.1) is 13.8 Å². The molecule has 2 rings (SSSR count). The van der Waals surface area contributed by atoms with E-state index in [9.17, 15) is 9.90 Å². The smallest absolute Gasteiger partial charge is 0.323 e. The summed E-state index contributed by atoms with van der Waals surface area (Å²) in [5.74, 6) is -1.06. The second kappa shape index (κ2) is 5.28. The van der Waals surface area contributed by atoms with Crippen LogP contribution < -0.4 is 5.32 Å². The Morgan fingerprint density at radius 3 is 2.84 bits per heavy atom. The molecule has 2 unspecified atom stereocenters. The maximum atomic E-state index is 11.0. The van der Waals surface area contributed by atoms with E-state index in [0.717, 1.165) is 22.0 Å². The molecular formula is C12H17N3O3S. The molecular weight excluding hydrogens is 266 g/mol. The fourth-order valence-electron chi connectivity index (χ4n) is 2.05. The number of hydrogen-bond donors (Lipinski definition) is 3. The summed E-state index contributed by atoms with van der Waals surface area (Å²) in [6, 6.07) is -0.983. The second-order valence-electron chi connectivity index (χ2n) is 4.58. The minimum atomic E-state index is -1.06. The second-order valence-corrected chi connectivity index (χ2v) is 5.41. The van der Waals surface area contributed by atoms with Crippen LogP contribution in [0.2, 0.25) is 0 Å². The molecule has 7 heteroatoms. The highest BCUT2D eigenvalue weighted by molar-refractivity contribution is 7.15. The minimum Gasteiger partial charge on any atom is -0.480 e. The highest BCUT2D eigenvalue weighted by atomic mass is 32.1. The van der Waals surface area contributed by atoms with Gasteiger partial charge in [-0.25, -0.2) is 4.98 Å². The van der Waals surface area contributed by atoms with Gasteiger partial charge in [-0.15, -0.1) is 11.3 Å². The number of imidazole rings is 1. The Kier molecular flexibility index (Phi) is 3.88. The molecule has 0 aromatic carbocycles. The van der Waals surface area contributed by atoms with Gasteiger partial charge in [0.25, 0.3) is 0 Å². The molecule has 0 amide bonds. The van der Waals surface area contributed by atoms with Crippen molar-refractivity contribution in [1.29, 1.82) is 0 Å². The van der Waals surface area contributed by atoms with Crippen molar-refractivity contribution >= 4 is 22.3 Å². The number of aromatic nitrogens is 2. The van der Waals surface area contributed by atoms with E-state index in [1.807, 2.05) is 23.6 Å². The zero-order chi connectivity index (χ0) is 14.2. The van der Waals surface area contributed by atoms with Crippen LogP contribution in [0.5, 0.6) is 0 Å². The van der Waals surface area contributed by atoms with Crippen molar-refractivity contribution in [2.75, 3.05) is 0 Å². The third-order valence-corrected chi connectivity index (χ3v) is 4.01. The molecule has 0 saturated heterocycles. The molecule has 3 N–H and O–H groups in total. The number of hydrogen-bond acceptors (Lipinski definition) is 5. The number of thiazole rings is 1. The van der Waals surface area contributed by atoms with Crippen molar-refractivity contribution in [2.45, 2.75) is 39.5 Å². The van der Waals surface area contributed by atoms with E-state index in [1.54, 1.807) is 11.3 Å². The average Bonchev–Trinajstić information content (AvgIpc) is 2.80. The number of carboxylic acids is 1. The van der Waals surface area contributed by atoms with Gasteiger partial charge >= 0.3 is 5.97 Å². The quantitative estimate of drug-likeness (QED) is 0.760. The first-order valence-electron chi connectivity index (χ1n) is 5.98. The number of rotatable bonds is 5. The van der Waals surface area contributed by atoms with Crippen LogP contribution in [-0.2, 0) is 11.3 Å². The van der Waals surface area contributed by atoms with Gasteiger partial charge in [0.2, 0.25) is 0 Å². The van der Waals surface area contributed by atoms with Crippen molar-refractivity contribution in [2.24, 2.45) is 0 Å². The van der Waals surface area contributed by atoms with Gasteiger partial charge in [-0.2, -0.15) is 0 Å². The number of aliphatic carboxylic acids is 1. The Morgan fingerprint density at radius 2 is 2.26 bits per heavy atom. The molecule has 0 spiro atoms. The summed E-state index contributed by atoms with van der Waals surface area (Å²) in [5.41, 5.74) is 2.87. The Balaban J connectivity index is 2.23. The monoisotopic (exact) mass is 283 g/mol. The number of carboxylic acid groups (broad SMARTS) is 1. The van der Waals surface area contributed by atoms with E-state index >= 15 is 0 Å². The summed E-state index contributed by atoms with van der Waals surface area (Å²) in [6.07, 6.45) is -0.954. The predicted octanol–water partition coefficient (Wildman–Crippen LogP) is 0.936. The molecule has 0 saturated carbocycles. The molecule has 6 nitrogen and oxygen atoms in total. The molecule has 0 aliphatic heterocycles. The average molecular weight is 283 g/mol. The molecule has 19 heavy (non-hydrogen) atoms. The standard InChI is InChI=1S/C12H17N3O3S/c1-6-5-19-12-14-7(2)9(15(6)12)4-13-10(8(3)16)11(17)18/h5,8,10,13,16H,4H2,1-3H3,(H,17,18). The SMILES string of the molecule is Cc1nc2scc(C)n2c1CNC(C(=O)O)C(C)O. The maximum Gasteiger partial charge on any atom is 0.323 e. The van der Waals surface area contributed by atoms with Crippen LogP contribution in [0.15, 0.2) is 5.38 Å². The number of aliphatic hydroxyl groups is 1. The number of fused-ring (bicyclic) bond motifs is 1. The molecule has 0 aliphatic carbocycles. The first-order valence-corrected chi connectivity index (χ1v) is 6.86. The summed E-state index contributed by atoms with van der Waals surface area (Å²) in [4.78, 5) is 16.4. The molecule has 0 fully saturated rings. The summed E-state index contributed by atoms with van der Waals surface area (Å²) >= 11 is 1.55. The van der Waals surface area contributed by atoms with Crippen molar-refractivity contribution in [1.82, 2.24) is 14.7 Å². The predicted molar refractivity (Wildman–Crippen MR) is 72.5 cm³/mol. The normalized spacial score (nSPS) is 14.7. The lowest BCUT2D eigenvalue weighted by atomic mass is 10.2. The Bertz CT molecular complexity index is 603. The van der Waals surface area contributed by atoms with Gasteiger partial charge in [0, 0.05) is 17.6 Å². The molecule has 2 heterocycles. The fourth-order valence-corrected chi connectivity index (χ4v) is 2.98. The van der Waals surface area contributed by atoms with Gasteiger partial charge in [0.05, 0.1) is 17.5 Å². The topological polar surface area (TPSA) is 86.9 Å². The van der Waals surface area contributed by atoms with Gasteiger partial charge in [-0.05, 0) is 20.8 Å². The van der Waals surface area contributed by atoms with Gasteiger partial charge in [0.1, 0.15) is 6.04 Å². The van der Waals surface area contributed by atoms with Gasteiger partial charge < -0.3 is 10.2 Å². The molecule has 104 valence electrons. The highest BCUT2D eigenvalue weighted by Gasteiger charge is 2.23. The zero-order valence-electron chi connectivity index (χ0n) is 11.0. The summed E-state index contributed by atoms with van der Waals surface area (Å²) < 4.78 is 2.01. The van der Waals surface area contributed by atoms with Crippen LogP contribution in [0.4, 0.5) is 0 Å². The van der Waals surface area contributed by atoms with E-state index in [1.165, 1.54) is 6.92 Å². The molecule has 0 bridgehead atoms. The Morgan fingerprint density at radius 1 is 1.58 bits per heavy atom. The summed E-state index contributed by atoms with van der Waals surface area (Å²) in [6.45, 7) is 5.69. The van der Waals surface area contributed by atoms with Crippen molar-refractivity contribution in [3.05, 3.63) is 22.5 Å². The van der Waals surface area contributed by atoms with E-state index in [0.29, 0.717) is 6.54 Å². The number of aliphatic hydroxyl groups excluding tert-OH is 1. The molecule has 0 aliphatic rings. The van der Waals surface area contributed by atoms with Gasteiger partial charge in [-0.1, -0.05) is 0 Å². The largest absolute Gasteiger partial charge is 0.480 e. The van der Waals surface area contributed by atoms with Crippen molar-refractivity contribution in [3.8, 4) is 0 Å². The van der Waals surface area contributed by atoms with E-state index in [2.05, 4.69) is 10.3 Å². The third-order valence-electron chi connectivity index (χ3n) is 3.07. The third kappa shape index (κ3) is 2.63. The number of nitrogens with zero attached hydrogens (tertiary/aromatic N) is 2. The Hall–Kier alpha value is -1.44. The highest BCUT2D eigenvalue weighted by Crippen LogP contribution is 2.20. The lowest BCUT2D eigenvalue weighted by Crippen LogP contribution is -2.44. The molecule has 2 atom stereocenters. The van der Waals surface area contributed by atoms with Crippen molar-refractivity contribution in [3.63, 3.8) is 0 Å². The number of aryl methyl sites for hydroxylation is 2. The Labute approximate surface area is 114 Å². The maximum absolute atomic E-state index is 11.0. The minimum absolute atomic E-state index is 0.354. The zero-order valence-corrected chi connectivity index (χ0v) is 11.9. The van der Waals surface area contributed by atoms with Gasteiger partial charge in [0.15, 0.2) is 4.96 Å². The first kappa shape index (κ1) is 14.0.